The maximum Gasteiger partial charge on any atom is 0.161 e. The molecule has 0 aromatic heterocycles. The topological polar surface area (TPSA) is 46.5 Å². The smallest absolute Gasteiger partial charge is 0.161 e. The highest BCUT2D eigenvalue weighted by Gasteiger charge is 2.65. The minimum atomic E-state index is -1.23. The zero-order valence-corrected chi connectivity index (χ0v) is 18.1. The molecule has 0 heterocycles. The van der Waals surface area contributed by atoms with E-state index >= 15 is 0 Å². The Labute approximate surface area is 173 Å². The second kappa shape index (κ2) is 6.17. The normalized spacial score (nSPS) is 47.6. The van der Waals surface area contributed by atoms with Crippen LogP contribution in [0.2, 0.25) is 0 Å². The van der Waals surface area contributed by atoms with Gasteiger partial charge in [-0.3, -0.25) is 4.79 Å². The van der Waals surface area contributed by atoms with Gasteiger partial charge in [0, 0.05) is 23.0 Å². The van der Waals surface area contributed by atoms with Crippen LogP contribution in [0, 0.1) is 28.6 Å². The number of Topliss-reactive ketones (excluding diaryl/α,β-unsaturated/α-hetero) is 1. The molecule has 0 radical (unpaired) electrons. The lowest BCUT2D eigenvalue weighted by atomic mass is 9.46. The molecule has 28 heavy (non-hydrogen) atoms. The summed E-state index contributed by atoms with van der Waals surface area (Å²) in [6.45, 7) is 14.6. The van der Waals surface area contributed by atoms with E-state index in [1.807, 2.05) is 0 Å². The van der Waals surface area contributed by atoms with Crippen molar-refractivity contribution in [3.05, 3.63) is 47.1 Å². The Balaban J connectivity index is 1.84. The lowest BCUT2D eigenvalue weighted by Gasteiger charge is -2.58. The Morgan fingerprint density at radius 3 is 2.46 bits per heavy atom. The van der Waals surface area contributed by atoms with Gasteiger partial charge in [0.25, 0.3) is 0 Å². The fraction of sp³-hybridized carbons (Fsp3) is 0.625. The van der Waals surface area contributed by atoms with Crippen LogP contribution in [0.3, 0.4) is 0 Å². The lowest BCUT2D eigenvalue weighted by molar-refractivity contribution is -0.156. The number of rotatable bonds is 2. The molecule has 7 atom stereocenters. The van der Waals surface area contributed by atoms with Gasteiger partial charge in [-0.15, -0.1) is 0 Å². The van der Waals surface area contributed by atoms with Gasteiger partial charge in [0.05, 0.1) is 0 Å². The molecular formula is C24H31ClO3. The second-order valence-corrected chi connectivity index (χ2v) is 10.1. The van der Waals surface area contributed by atoms with Crippen molar-refractivity contribution in [3.63, 3.8) is 0 Å². The molecule has 2 fully saturated rings. The molecule has 1 N–H and O–H groups in total. The molecule has 0 aliphatic heterocycles. The van der Waals surface area contributed by atoms with E-state index in [-0.39, 0.29) is 29.1 Å². The summed E-state index contributed by atoms with van der Waals surface area (Å²) in [6, 6.07) is 0. The van der Waals surface area contributed by atoms with E-state index in [0.717, 1.165) is 41.0 Å². The Morgan fingerprint density at radius 1 is 1.21 bits per heavy atom. The average Bonchev–Trinajstić information content (AvgIpc) is 2.92. The van der Waals surface area contributed by atoms with Crippen LogP contribution in [-0.2, 0) is 9.53 Å². The highest BCUT2D eigenvalue weighted by atomic mass is 35.5. The summed E-state index contributed by atoms with van der Waals surface area (Å²) >= 11 is 6.84. The van der Waals surface area contributed by atoms with E-state index in [4.69, 9.17) is 16.3 Å². The molecule has 2 saturated carbocycles. The second-order valence-electron chi connectivity index (χ2n) is 9.66. The third kappa shape index (κ3) is 2.21. The van der Waals surface area contributed by atoms with Crippen LogP contribution in [0.15, 0.2) is 47.1 Å². The number of halogens is 1. The number of fused-ring (bicyclic) bond motifs is 5. The van der Waals surface area contributed by atoms with Crippen LogP contribution < -0.4 is 0 Å². The molecule has 4 heteroatoms. The molecule has 0 aromatic carbocycles. The van der Waals surface area contributed by atoms with Gasteiger partial charge < -0.3 is 9.84 Å². The van der Waals surface area contributed by atoms with Crippen molar-refractivity contribution < 1.29 is 14.6 Å². The van der Waals surface area contributed by atoms with Gasteiger partial charge >= 0.3 is 0 Å². The molecule has 152 valence electrons. The SMILES string of the molecule is C=C1C(=C)[C@@]2(C)C(=CC1OC)C(Cl)=C[C@@H]1[C@@H]2CC[C@@]2(C)[C@H]1CC[C@]2(O)C(C)=O. The van der Waals surface area contributed by atoms with Crippen molar-refractivity contribution in [3.8, 4) is 0 Å². The van der Waals surface area contributed by atoms with Crippen LogP contribution in [0.1, 0.15) is 46.5 Å². The zero-order valence-electron chi connectivity index (χ0n) is 17.3. The summed E-state index contributed by atoms with van der Waals surface area (Å²) < 4.78 is 5.60. The van der Waals surface area contributed by atoms with Gasteiger partial charge in [0.2, 0.25) is 0 Å². The van der Waals surface area contributed by atoms with Crippen molar-refractivity contribution in [2.75, 3.05) is 7.11 Å². The fourth-order valence-corrected chi connectivity index (χ4v) is 7.41. The standard InChI is InChI=1S/C24H31ClO3/c1-13-14(2)23(5)18-7-9-22(4)17(8-10-24(22,27)15(3)26)16(18)11-20(25)19(23)12-21(13)28-6/h11-12,16-18,21,27H,1-2,7-10H2,3-6H3/t16-,17-,18-,21?,22-,23+,24-/m0/s1. The first-order chi connectivity index (χ1) is 13.0. The molecule has 0 bridgehead atoms. The molecule has 1 unspecified atom stereocenters. The maximum absolute atomic E-state index is 12.4. The average molecular weight is 403 g/mol. The largest absolute Gasteiger partial charge is 0.382 e. The number of ketones is 1. The first kappa shape index (κ1) is 20.1. The number of allylic oxidation sites excluding steroid dienone is 3. The van der Waals surface area contributed by atoms with Crippen molar-refractivity contribution in [1.29, 1.82) is 0 Å². The number of methoxy groups -OCH3 is 1. The minimum absolute atomic E-state index is 0.105. The maximum atomic E-state index is 12.4. The van der Waals surface area contributed by atoms with Crippen molar-refractivity contribution >= 4 is 17.4 Å². The van der Waals surface area contributed by atoms with Crippen molar-refractivity contribution in [2.24, 2.45) is 28.6 Å². The summed E-state index contributed by atoms with van der Waals surface area (Å²) in [5.74, 6) is 0.668. The van der Waals surface area contributed by atoms with E-state index in [2.05, 4.69) is 39.2 Å². The van der Waals surface area contributed by atoms with Gasteiger partial charge in [-0.25, -0.2) is 0 Å². The number of carbonyl (C=O) groups is 1. The minimum Gasteiger partial charge on any atom is -0.382 e. The predicted molar refractivity (Wildman–Crippen MR) is 112 cm³/mol. The Morgan fingerprint density at radius 2 is 1.86 bits per heavy atom. The predicted octanol–water partition coefficient (Wildman–Crippen LogP) is 4.96. The van der Waals surface area contributed by atoms with Crippen molar-refractivity contribution in [2.45, 2.75) is 58.2 Å². The number of hydrogen-bond acceptors (Lipinski definition) is 3. The number of ether oxygens (including phenoxy) is 1. The van der Waals surface area contributed by atoms with E-state index in [1.54, 1.807) is 7.11 Å². The number of aliphatic hydroxyl groups is 1. The third-order valence-corrected chi connectivity index (χ3v) is 9.22. The number of carbonyl (C=O) groups excluding carboxylic acids is 1. The van der Waals surface area contributed by atoms with Crippen LogP contribution in [0.5, 0.6) is 0 Å². The van der Waals surface area contributed by atoms with Gasteiger partial charge in [-0.05, 0) is 73.2 Å². The van der Waals surface area contributed by atoms with Crippen molar-refractivity contribution in [1.82, 2.24) is 0 Å². The Hall–Kier alpha value is -1.16. The molecule has 0 aromatic rings. The molecule has 4 rings (SSSR count). The first-order valence-corrected chi connectivity index (χ1v) is 10.6. The third-order valence-electron chi connectivity index (χ3n) is 8.89. The molecule has 0 spiro atoms. The molecular weight excluding hydrogens is 372 g/mol. The summed E-state index contributed by atoms with van der Waals surface area (Å²) in [5.41, 5.74) is 1.08. The number of hydrogen-bond donors (Lipinski definition) is 1. The summed E-state index contributed by atoms with van der Waals surface area (Å²) in [7, 11) is 1.68. The fourth-order valence-electron chi connectivity index (χ4n) is 7.01. The monoisotopic (exact) mass is 402 g/mol. The lowest BCUT2D eigenvalue weighted by Crippen LogP contribution is -2.57. The zero-order chi connectivity index (χ0) is 20.6. The van der Waals surface area contributed by atoms with Crippen LogP contribution >= 0.6 is 11.6 Å². The quantitative estimate of drug-likeness (QED) is 0.710. The molecule has 4 aliphatic rings. The Kier molecular flexibility index (Phi) is 4.43. The molecule has 3 nitrogen and oxygen atoms in total. The van der Waals surface area contributed by atoms with Gasteiger partial charge in [0.15, 0.2) is 5.78 Å². The first-order valence-electron chi connectivity index (χ1n) is 10.3. The van der Waals surface area contributed by atoms with E-state index in [0.29, 0.717) is 12.3 Å². The van der Waals surface area contributed by atoms with E-state index in [1.165, 1.54) is 6.92 Å². The highest BCUT2D eigenvalue weighted by Crippen LogP contribution is 2.68. The van der Waals surface area contributed by atoms with Gasteiger partial charge in [0.1, 0.15) is 11.7 Å². The van der Waals surface area contributed by atoms with Gasteiger partial charge in [-0.1, -0.05) is 44.7 Å². The van der Waals surface area contributed by atoms with E-state index < -0.39 is 11.0 Å². The summed E-state index contributed by atoms with van der Waals surface area (Å²) in [5, 5.41) is 12.0. The molecule has 4 aliphatic carbocycles. The highest BCUT2D eigenvalue weighted by molar-refractivity contribution is 6.32. The molecule has 0 saturated heterocycles. The Bertz CT molecular complexity index is 839. The van der Waals surface area contributed by atoms with Crippen LogP contribution in [-0.4, -0.2) is 29.7 Å². The van der Waals surface area contributed by atoms with Crippen LogP contribution in [0.25, 0.3) is 0 Å². The van der Waals surface area contributed by atoms with E-state index in [9.17, 15) is 9.90 Å². The summed E-state index contributed by atoms with van der Waals surface area (Å²) in [6.07, 6.45) is 7.22. The van der Waals surface area contributed by atoms with Crippen LogP contribution in [0.4, 0.5) is 0 Å². The summed E-state index contributed by atoms with van der Waals surface area (Å²) in [4.78, 5) is 12.4. The van der Waals surface area contributed by atoms with Gasteiger partial charge in [-0.2, -0.15) is 0 Å². The molecule has 0 amide bonds.